The molecule has 0 radical (unpaired) electrons. The van der Waals surface area contributed by atoms with Crippen molar-refractivity contribution in [1.82, 2.24) is 5.32 Å². The lowest BCUT2D eigenvalue weighted by molar-refractivity contribution is -0.139. The summed E-state index contributed by atoms with van der Waals surface area (Å²) in [5, 5.41) is 18.8. The summed E-state index contributed by atoms with van der Waals surface area (Å²) < 4.78 is 40.8. The van der Waals surface area contributed by atoms with Crippen molar-refractivity contribution < 1.29 is 33.0 Å². The summed E-state index contributed by atoms with van der Waals surface area (Å²) in [6.07, 6.45) is -1.52. The number of ether oxygens (including phenoxy) is 2. The maximum atomic E-state index is 15.1. The number of rotatable bonds is 11. The van der Waals surface area contributed by atoms with Crippen LogP contribution in [-0.2, 0) is 20.9 Å². The molecule has 0 spiro atoms. The first kappa shape index (κ1) is 26.3. The number of benzene rings is 3. The molecule has 0 saturated carbocycles. The number of aliphatic carboxylic acids is 1. The molecular formula is C26H25F2N3O5. The zero-order chi connectivity index (χ0) is 26.2. The highest BCUT2D eigenvalue weighted by Gasteiger charge is 2.28. The average Bonchev–Trinajstić information content (AvgIpc) is 2.85. The van der Waals surface area contributed by atoms with Gasteiger partial charge in [0.2, 0.25) is 0 Å². The third kappa shape index (κ3) is 6.63. The van der Waals surface area contributed by atoms with E-state index in [9.17, 15) is 9.59 Å². The zero-order valence-electron chi connectivity index (χ0n) is 19.4. The highest BCUT2D eigenvalue weighted by atomic mass is 19.1. The fourth-order valence-electron chi connectivity index (χ4n) is 3.45. The molecule has 10 heteroatoms. The van der Waals surface area contributed by atoms with E-state index in [0.29, 0.717) is 16.7 Å². The number of amides is 1. The van der Waals surface area contributed by atoms with Crippen molar-refractivity contribution in [3.63, 3.8) is 0 Å². The van der Waals surface area contributed by atoms with Crippen molar-refractivity contribution in [2.45, 2.75) is 19.6 Å². The van der Waals surface area contributed by atoms with Crippen LogP contribution in [0, 0.1) is 17.0 Å². The largest absolute Gasteiger partial charge is 0.482 e. The molecule has 0 heterocycles. The number of nitrogens with two attached hydrogens (primary N) is 1. The second kappa shape index (κ2) is 11.9. The molecular weight excluding hydrogens is 472 g/mol. The lowest BCUT2D eigenvalue weighted by atomic mass is 9.99. The smallest absolute Gasteiger partial charge is 0.341 e. The minimum absolute atomic E-state index is 0.0367. The second-order valence-corrected chi connectivity index (χ2v) is 7.73. The predicted molar refractivity (Wildman–Crippen MR) is 129 cm³/mol. The molecule has 1 atom stereocenters. The molecule has 0 aliphatic carbocycles. The molecule has 188 valence electrons. The minimum Gasteiger partial charge on any atom is -0.482 e. The van der Waals surface area contributed by atoms with Crippen molar-refractivity contribution in [3.8, 4) is 16.9 Å². The van der Waals surface area contributed by atoms with Crippen LogP contribution in [0.1, 0.15) is 29.7 Å². The van der Waals surface area contributed by atoms with Gasteiger partial charge in [-0.15, -0.1) is 0 Å². The third-order valence-corrected chi connectivity index (χ3v) is 5.17. The van der Waals surface area contributed by atoms with E-state index in [-0.39, 0.29) is 30.3 Å². The highest BCUT2D eigenvalue weighted by Crippen LogP contribution is 2.31. The van der Waals surface area contributed by atoms with Crippen LogP contribution >= 0.6 is 0 Å². The van der Waals surface area contributed by atoms with E-state index >= 15 is 8.78 Å². The van der Waals surface area contributed by atoms with Crippen LogP contribution in [-0.4, -0.2) is 36.0 Å². The Hall–Kier alpha value is -4.31. The highest BCUT2D eigenvalue weighted by molar-refractivity contribution is 5.94. The zero-order valence-corrected chi connectivity index (χ0v) is 19.4. The number of carbonyl (C=O) groups excluding carboxylic acids is 1. The normalized spacial score (nSPS) is 11.5. The van der Waals surface area contributed by atoms with Gasteiger partial charge in [-0.25, -0.2) is 13.6 Å². The number of carboxylic acid groups (broad SMARTS) is 1. The Labute approximate surface area is 206 Å². The maximum Gasteiger partial charge on any atom is 0.341 e. The fourth-order valence-corrected chi connectivity index (χ4v) is 3.45. The molecule has 0 aliphatic rings. The Balaban J connectivity index is 1.81. The number of hydrogen-bond acceptors (Lipinski definition) is 5. The number of amidine groups is 1. The van der Waals surface area contributed by atoms with E-state index in [2.05, 4.69) is 5.32 Å². The number of carbonyl (C=O) groups is 2. The first-order valence-electron chi connectivity index (χ1n) is 11.0. The number of halogens is 2. The van der Waals surface area contributed by atoms with Crippen LogP contribution in [0.4, 0.5) is 8.78 Å². The standard InChI is InChI=1S/C26H25F2N3O5/c1-2-35-24(26(34)31-13-15-6-8-16(9-7-15)25(29)30)23-20(27)11-18(12-21(23)28)17-4-3-5-19(10-17)36-14-22(32)33/h3-12,24H,2,13-14H2,1H3,(H3,29,30)(H,31,34)(H,32,33). The van der Waals surface area contributed by atoms with Gasteiger partial charge in [-0.1, -0.05) is 36.4 Å². The molecule has 3 rings (SSSR count). The van der Waals surface area contributed by atoms with Crippen LogP contribution in [0.5, 0.6) is 5.75 Å². The number of nitrogens with one attached hydrogen (secondary N) is 2. The summed E-state index contributed by atoms with van der Waals surface area (Å²) in [4.78, 5) is 23.5. The Morgan fingerprint density at radius 3 is 2.31 bits per heavy atom. The van der Waals surface area contributed by atoms with Gasteiger partial charge < -0.3 is 25.6 Å². The summed E-state index contributed by atoms with van der Waals surface area (Å²) >= 11 is 0. The van der Waals surface area contributed by atoms with Gasteiger partial charge in [-0.3, -0.25) is 10.2 Å². The summed E-state index contributed by atoms with van der Waals surface area (Å²) in [5.41, 5.74) is 6.71. The second-order valence-electron chi connectivity index (χ2n) is 7.73. The minimum atomic E-state index is -1.52. The van der Waals surface area contributed by atoms with Crippen molar-refractivity contribution in [2.24, 2.45) is 5.73 Å². The van der Waals surface area contributed by atoms with Crippen LogP contribution < -0.4 is 15.8 Å². The van der Waals surface area contributed by atoms with E-state index in [0.717, 1.165) is 12.1 Å². The van der Waals surface area contributed by atoms with E-state index in [1.165, 1.54) is 12.1 Å². The van der Waals surface area contributed by atoms with E-state index in [4.69, 9.17) is 25.7 Å². The lowest BCUT2D eigenvalue weighted by Gasteiger charge is -2.19. The van der Waals surface area contributed by atoms with Gasteiger partial charge in [0.25, 0.3) is 5.91 Å². The average molecular weight is 497 g/mol. The summed E-state index contributed by atoms with van der Waals surface area (Å²) in [6, 6.07) is 14.9. The van der Waals surface area contributed by atoms with Gasteiger partial charge in [-0.2, -0.15) is 0 Å². The first-order chi connectivity index (χ1) is 17.2. The Morgan fingerprint density at radius 2 is 1.72 bits per heavy atom. The van der Waals surface area contributed by atoms with Crippen molar-refractivity contribution in [1.29, 1.82) is 5.41 Å². The lowest BCUT2D eigenvalue weighted by Crippen LogP contribution is -2.31. The molecule has 5 N–H and O–H groups in total. The Kier molecular flexibility index (Phi) is 8.69. The molecule has 3 aromatic rings. The predicted octanol–water partition coefficient (Wildman–Crippen LogP) is 3.77. The Morgan fingerprint density at radius 1 is 1.06 bits per heavy atom. The molecule has 1 unspecified atom stereocenters. The van der Waals surface area contributed by atoms with Crippen molar-refractivity contribution in [3.05, 3.63) is 89.0 Å². The fraction of sp³-hybridized carbons (Fsp3) is 0.192. The van der Waals surface area contributed by atoms with Gasteiger partial charge in [-0.05, 0) is 47.9 Å². The topological polar surface area (TPSA) is 135 Å². The monoisotopic (exact) mass is 497 g/mol. The Bertz CT molecular complexity index is 1240. The third-order valence-electron chi connectivity index (χ3n) is 5.17. The first-order valence-corrected chi connectivity index (χ1v) is 11.0. The molecule has 3 aromatic carbocycles. The molecule has 8 nitrogen and oxygen atoms in total. The van der Waals surface area contributed by atoms with E-state index in [1.807, 2.05) is 0 Å². The molecule has 0 aliphatic heterocycles. The van der Waals surface area contributed by atoms with Gasteiger partial charge >= 0.3 is 5.97 Å². The van der Waals surface area contributed by atoms with Crippen molar-refractivity contribution >= 4 is 17.7 Å². The van der Waals surface area contributed by atoms with Crippen LogP contribution in [0.3, 0.4) is 0 Å². The number of nitrogen functional groups attached to an aromatic ring is 1. The molecule has 0 saturated heterocycles. The van der Waals surface area contributed by atoms with Crippen LogP contribution in [0.2, 0.25) is 0 Å². The van der Waals surface area contributed by atoms with E-state index in [1.54, 1.807) is 43.3 Å². The molecule has 0 aromatic heterocycles. The van der Waals surface area contributed by atoms with E-state index < -0.39 is 41.8 Å². The van der Waals surface area contributed by atoms with Crippen molar-refractivity contribution in [2.75, 3.05) is 13.2 Å². The van der Waals surface area contributed by atoms with Gasteiger partial charge in [0.05, 0.1) is 5.56 Å². The molecule has 1 amide bonds. The quantitative estimate of drug-likeness (QED) is 0.235. The maximum absolute atomic E-state index is 15.1. The summed E-state index contributed by atoms with van der Waals surface area (Å²) in [7, 11) is 0. The molecule has 0 bridgehead atoms. The van der Waals surface area contributed by atoms with Gasteiger partial charge in [0, 0.05) is 18.7 Å². The number of carboxylic acids is 1. The molecule has 0 fully saturated rings. The number of hydrogen-bond donors (Lipinski definition) is 4. The summed E-state index contributed by atoms with van der Waals surface area (Å²) in [5.74, 6) is -3.68. The molecule has 36 heavy (non-hydrogen) atoms. The summed E-state index contributed by atoms with van der Waals surface area (Å²) in [6.45, 7) is 1.16. The van der Waals surface area contributed by atoms with Gasteiger partial charge in [0.1, 0.15) is 23.2 Å². The van der Waals surface area contributed by atoms with Gasteiger partial charge in [0.15, 0.2) is 12.7 Å². The van der Waals surface area contributed by atoms with Crippen LogP contribution in [0.15, 0.2) is 60.7 Å². The SMILES string of the molecule is CCOC(C(=O)NCc1ccc(C(=N)N)cc1)c1c(F)cc(-c2cccc(OCC(=O)O)c2)cc1F. The van der Waals surface area contributed by atoms with Crippen LogP contribution in [0.25, 0.3) is 11.1 Å².